The Bertz CT molecular complexity index is 858. The van der Waals surface area contributed by atoms with Crippen LogP contribution in [0.1, 0.15) is 66.4 Å². The lowest BCUT2D eigenvalue weighted by Gasteiger charge is -2.40. The summed E-state index contributed by atoms with van der Waals surface area (Å²) < 4.78 is 0. The summed E-state index contributed by atoms with van der Waals surface area (Å²) in [6.45, 7) is 16.1. The van der Waals surface area contributed by atoms with Crippen LogP contribution in [0.25, 0.3) is 0 Å². The van der Waals surface area contributed by atoms with E-state index in [0.717, 1.165) is 51.0 Å². The predicted molar refractivity (Wildman–Crippen MR) is 139 cm³/mol. The van der Waals surface area contributed by atoms with Gasteiger partial charge < -0.3 is 15.1 Å². The van der Waals surface area contributed by atoms with Crippen molar-refractivity contribution in [2.45, 2.75) is 79.3 Å². The summed E-state index contributed by atoms with van der Waals surface area (Å²) in [4.78, 5) is 31.4. The third-order valence-corrected chi connectivity index (χ3v) is 7.75. The molecule has 2 fully saturated rings. The normalized spacial score (nSPS) is 23.4. The summed E-state index contributed by atoms with van der Waals surface area (Å²) in [6.07, 6.45) is 5.88. The summed E-state index contributed by atoms with van der Waals surface area (Å²) in [5.74, 6) is 0.398. The molecule has 0 aromatic heterocycles. The van der Waals surface area contributed by atoms with Gasteiger partial charge in [0.05, 0.1) is 5.92 Å². The maximum Gasteiger partial charge on any atom is 0.245 e. The van der Waals surface area contributed by atoms with Crippen LogP contribution in [-0.2, 0) is 16.0 Å². The number of nitrogens with one attached hydrogen (secondary N) is 1. The highest BCUT2D eigenvalue weighted by Gasteiger charge is 2.43. The molecule has 3 rings (SSSR count). The van der Waals surface area contributed by atoms with E-state index in [1.165, 1.54) is 5.56 Å². The molecule has 2 heterocycles. The Morgan fingerprint density at radius 2 is 1.82 bits per heavy atom. The Morgan fingerprint density at radius 1 is 1.15 bits per heavy atom. The van der Waals surface area contributed by atoms with Crippen LogP contribution in [0, 0.1) is 17.3 Å². The lowest BCUT2D eigenvalue weighted by Crippen LogP contribution is -2.56. The predicted octanol–water partition coefficient (Wildman–Crippen LogP) is 4.68. The fourth-order valence-electron chi connectivity index (χ4n) is 5.38. The topological polar surface area (TPSA) is 52.7 Å². The number of carbonyl (C=O) groups is 2. The van der Waals surface area contributed by atoms with Gasteiger partial charge >= 0.3 is 0 Å². The van der Waals surface area contributed by atoms with E-state index in [1.54, 1.807) is 0 Å². The highest BCUT2D eigenvalue weighted by Crippen LogP contribution is 2.33. The van der Waals surface area contributed by atoms with Crippen LogP contribution in [0.2, 0.25) is 0 Å². The maximum atomic E-state index is 13.8. The van der Waals surface area contributed by atoms with Crippen molar-refractivity contribution in [1.29, 1.82) is 0 Å². The quantitative estimate of drug-likeness (QED) is 0.565. The molecule has 5 heteroatoms. The number of likely N-dealkylation sites (tertiary alicyclic amines) is 2. The number of hydrogen-bond donors (Lipinski definition) is 1. The van der Waals surface area contributed by atoms with Gasteiger partial charge in [0.1, 0.15) is 6.04 Å². The van der Waals surface area contributed by atoms with Crippen LogP contribution < -0.4 is 5.32 Å². The molecular weight excluding hydrogens is 422 g/mol. The Balaban J connectivity index is 1.68. The van der Waals surface area contributed by atoms with Gasteiger partial charge in [-0.05, 0) is 69.9 Å². The largest absolute Gasteiger partial charge is 0.344 e. The fourth-order valence-corrected chi connectivity index (χ4v) is 5.38. The van der Waals surface area contributed by atoms with Crippen LogP contribution in [0.15, 0.2) is 42.0 Å². The molecule has 0 aliphatic carbocycles. The minimum atomic E-state index is -0.474. The van der Waals surface area contributed by atoms with E-state index < -0.39 is 6.04 Å². The molecule has 188 valence electrons. The highest BCUT2D eigenvalue weighted by atomic mass is 16.2. The SMILES string of the molecule is C/C=C(/C)[C@@H](C)C(=O)N[C@@H](CC(C)(C)C)C(=O)N1CC[C@H]2CCN(CCc3ccccc3)C[C@H]21. The third-order valence-electron chi connectivity index (χ3n) is 7.75. The van der Waals surface area contributed by atoms with Crippen LogP contribution in [0.4, 0.5) is 0 Å². The molecule has 1 aromatic rings. The molecule has 2 aliphatic heterocycles. The van der Waals surface area contributed by atoms with Gasteiger partial charge in [0, 0.05) is 25.7 Å². The summed E-state index contributed by atoms with van der Waals surface area (Å²) in [7, 11) is 0. The number of benzene rings is 1. The van der Waals surface area contributed by atoms with Gasteiger partial charge in [-0.25, -0.2) is 0 Å². The molecule has 0 saturated carbocycles. The number of allylic oxidation sites excluding steroid dienone is 1. The van der Waals surface area contributed by atoms with Crippen molar-refractivity contribution in [3.8, 4) is 0 Å². The second-order valence-electron chi connectivity index (χ2n) is 11.6. The van der Waals surface area contributed by atoms with Crippen molar-refractivity contribution in [1.82, 2.24) is 15.1 Å². The zero-order valence-corrected chi connectivity index (χ0v) is 22.1. The minimum Gasteiger partial charge on any atom is -0.344 e. The first-order valence-corrected chi connectivity index (χ1v) is 13.1. The first-order valence-electron chi connectivity index (χ1n) is 13.1. The van der Waals surface area contributed by atoms with Crippen LogP contribution in [-0.4, -0.2) is 59.9 Å². The third kappa shape index (κ3) is 6.94. The number of piperidine rings is 1. The second kappa shape index (κ2) is 11.5. The lowest BCUT2D eigenvalue weighted by molar-refractivity contribution is -0.139. The minimum absolute atomic E-state index is 0.0536. The first kappa shape index (κ1) is 26.5. The molecule has 5 nitrogen and oxygen atoms in total. The van der Waals surface area contributed by atoms with Crippen LogP contribution in [0.5, 0.6) is 0 Å². The monoisotopic (exact) mass is 467 g/mol. The number of nitrogens with zero attached hydrogens (tertiary/aromatic N) is 2. The van der Waals surface area contributed by atoms with Gasteiger partial charge in [-0.3, -0.25) is 9.59 Å². The molecule has 0 bridgehead atoms. The average molecular weight is 468 g/mol. The molecule has 2 aliphatic rings. The molecule has 0 spiro atoms. The maximum absolute atomic E-state index is 13.8. The van der Waals surface area contributed by atoms with Gasteiger partial charge in [-0.2, -0.15) is 0 Å². The lowest BCUT2D eigenvalue weighted by atomic mass is 9.86. The zero-order valence-electron chi connectivity index (χ0n) is 22.1. The van der Waals surface area contributed by atoms with Crippen LogP contribution in [0.3, 0.4) is 0 Å². The smallest absolute Gasteiger partial charge is 0.245 e. The molecule has 4 atom stereocenters. The molecule has 2 saturated heterocycles. The molecule has 0 radical (unpaired) electrons. The Hall–Kier alpha value is -2.14. The standard InChI is InChI=1S/C29H45N3O2/c1-7-21(2)22(3)27(33)30-25(19-29(4,5)6)28(34)32-18-15-24-14-17-31(20-26(24)32)16-13-23-11-9-8-10-12-23/h7-12,22,24-26H,13-20H2,1-6H3,(H,30,33)/b21-7-/t22-,24-,25+,26-/m1/s1. The zero-order chi connectivity index (χ0) is 24.9. The summed E-state index contributed by atoms with van der Waals surface area (Å²) in [5.41, 5.74) is 2.34. The molecule has 0 unspecified atom stereocenters. The second-order valence-corrected chi connectivity index (χ2v) is 11.6. The number of hydrogen-bond acceptors (Lipinski definition) is 3. The van der Waals surface area contributed by atoms with E-state index >= 15 is 0 Å². The van der Waals surface area contributed by atoms with Crippen molar-refractivity contribution in [2.24, 2.45) is 17.3 Å². The van der Waals surface area contributed by atoms with E-state index in [2.05, 4.69) is 66.2 Å². The van der Waals surface area contributed by atoms with Crippen LogP contribution >= 0.6 is 0 Å². The molecule has 1 N–H and O–H groups in total. The average Bonchev–Trinajstić information content (AvgIpc) is 3.23. The Labute approximate surface area is 207 Å². The Morgan fingerprint density at radius 3 is 2.47 bits per heavy atom. The first-order chi connectivity index (χ1) is 16.1. The van der Waals surface area contributed by atoms with E-state index in [-0.39, 0.29) is 29.2 Å². The number of amides is 2. The van der Waals surface area contributed by atoms with Gasteiger partial charge in [0.25, 0.3) is 0 Å². The summed E-state index contributed by atoms with van der Waals surface area (Å²) in [5, 5.41) is 3.13. The van der Waals surface area contributed by atoms with Crippen molar-refractivity contribution < 1.29 is 9.59 Å². The van der Waals surface area contributed by atoms with Gasteiger partial charge in [-0.1, -0.05) is 62.8 Å². The number of fused-ring (bicyclic) bond motifs is 1. The molecule has 34 heavy (non-hydrogen) atoms. The van der Waals surface area contributed by atoms with Crippen molar-refractivity contribution in [3.63, 3.8) is 0 Å². The van der Waals surface area contributed by atoms with Gasteiger partial charge in [0.2, 0.25) is 11.8 Å². The van der Waals surface area contributed by atoms with Crippen molar-refractivity contribution >= 4 is 11.8 Å². The van der Waals surface area contributed by atoms with Gasteiger partial charge in [-0.15, -0.1) is 0 Å². The molecular formula is C29H45N3O2. The van der Waals surface area contributed by atoms with Gasteiger partial charge in [0.15, 0.2) is 0 Å². The summed E-state index contributed by atoms with van der Waals surface area (Å²) >= 11 is 0. The highest BCUT2D eigenvalue weighted by molar-refractivity contribution is 5.89. The summed E-state index contributed by atoms with van der Waals surface area (Å²) in [6, 6.07) is 10.4. The number of carbonyl (C=O) groups excluding carboxylic acids is 2. The van der Waals surface area contributed by atoms with E-state index in [0.29, 0.717) is 12.3 Å². The van der Waals surface area contributed by atoms with Crippen molar-refractivity contribution in [2.75, 3.05) is 26.2 Å². The fraction of sp³-hybridized carbons (Fsp3) is 0.655. The number of rotatable bonds is 8. The van der Waals surface area contributed by atoms with Crippen molar-refractivity contribution in [3.05, 3.63) is 47.5 Å². The Kier molecular flexibility index (Phi) is 8.97. The van der Waals surface area contributed by atoms with E-state index in [9.17, 15) is 9.59 Å². The molecule has 2 amide bonds. The van der Waals surface area contributed by atoms with E-state index in [4.69, 9.17) is 0 Å². The molecule has 1 aromatic carbocycles. The van der Waals surface area contributed by atoms with E-state index in [1.807, 2.05) is 26.8 Å².